The lowest BCUT2D eigenvalue weighted by Crippen LogP contribution is -2.43. The minimum Gasteiger partial charge on any atom is -0.379 e. The fraction of sp³-hybridized carbons (Fsp3) is 0.857. The summed E-state index contributed by atoms with van der Waals surface area (Å²) in [5.74, 6) is 1.62. The number of nitrogens with zero attached hydrogens (tertiary/aromatic N) is 2. The number of aromatic nitrogens is 2. The van der Waals surface area contributed by atoms with Crippen LogP contribution >= 0.6 is 0 Å². The lowest BCUT2D eigenvalue weighted by atomic mass is 9.94. The largest absolute Gasteiger partial charge is 0.379 e. The van der Waals surface area contributed by atoms with E-state index in [0.717, 1.165) is 31.6 Å². The lowest BCUT2D eigenvalue weighted by Gasteiger charge is -2.28. The van der Waals surface area contributed by atoms with Crippen LogP contribution in [-0.4, -0.2) is 28.3 Å². The molecule has 2 fully saturated rings. The Morgan fingerprint density at radius 1 is 1.16 bits per heavy atom. The third kappa shape index (κ3) is 2.82. The molecule has 106 valence electrons. The van der Waals surface area contributed by atoms with Crippen molar-refractivity contribution in [2.24, 2.45) is 0 Å². The third-order valence-electron chi connectivity index (χ3n) is 4.42. The van der Waals surface area contributed by atoms with Crippen molar-refractivity contribution in [3.63, 3.8) is 0 Å². The van der Waals surface area contributed by atoms with Crippen molar-refractivity contribution in [2.75, 3.05) is 13.1 Å². The van der Waals surface area contributed by atoms with E-state index in [9.17, 15) is 5.11 Å². The molecular weight excluding hydrogens is 242 g/mol. The van der Waals surface area contributed by atoms with Crippen LogP contribution in [0.15, 0.2) is 4.52 Å². The first kappa shape index (κ1) is 13.1. The van der Waals surface area contributed by atoms with E-state index in [1.54, 1.807) is 0 Å². The minimum atomic E-state index is -0.964. The van der Waals surface area contributed by atoms with Gasteiger partial charge in [-0.25, -0.2) is 0 Å². The summed E-state index contributed by atoms with van der Waals surface area (Å²) >= 11 is 0. The first-order chi connectivity index (χ1) is 9.28. The average molecular weight is 265 g/mol. The molecule has 5 nitrogen and oxygen atoms in total. The molecule has 1 saturated heterocycles. The van der Waals surface area contributed by atoms with Gasteiger partial charge in [-0.05, 0) is 32.2 Å². The molecule has 2 aliphatic rings. The number of hydrogen-bond acceptors (Lipinski definition) is 5. The summed E-state index contributed by atoms with van der Waals surface area (Å²) in [6.45, 7) is 1.46. The van der Waals surface area contributed by atoms with Crippen molar-refractivity contribution >= 4 is 0 Å². The topological polar surface area (TPSA) is 71.2 Å². The molecule has 1 atom stereocenters. The summed E-state index contributed by atoms with van der Waals surface area (Å²) in [4.78, 5) is 4.50. The van der Waals surface area contributed by atoms with Gasteiger partial charge in [-0.15, -0.1) is 0 Å². The number of rotatable bonds is 2. The fourth-order valence-corrected chi connectivity index (χ4v) is 3.20. The quantitative estimate of drug-likeness (QED) is 0.801. The summed E-state index contributed by atoms with van der Waals surface area (Å²) in [5.41, 5.74) is -0.964. The van der Waals surface area contributed by atoms with E-state index in [1.807, 2.05) is 0 Å². The van der Waals surface area contributed by atoms with Crippen LogP contribution in [0, 0.1) is 0 Å². The van der Waals surface area contributed by atoms with Crippen LogP contribution in [0.3, 0.4) is 0 Å². The summed E-state index contributed by atoms with van der Waals surface area (Å²) in [5, 5.41) is 17.9. The van der Waals surface area contributed by atoms with Crippen molar-refractivity contribution in [2.45, 2.75) is 62.9 Å². The first-order valence-electron chi connectivity index (χ1n) is 7.55. The maximum Gasteiger partial charge on any atom is 0.259 e. The molecular formula is C14H23N3O2. The highest BCUT2D eigenvalue weighted by molar-refractivity contribution is 5.04. The van der Waals surface area contributed by atoms with Gasteiger partial charge in [0.2, 0.25) is 0 Å². The van der Waals surface area contributed by atoms with Crippen molar-refractivity contribution in [3.05, 3.63) is 11.7 Å². The summed E-state index contributed by atoms with van der Waals surface area (Å²) < 4.78 is 5.35. The molecule has 1 aromatic rings. The molecule has 1 aliphatic carbocycles. The van der Waals surface area contributed by atoms with Crippen molar-refractivity contribution in [3.8, 4) is 0 Å². The number of hydrogen-bond donors (Lipinski definition) is 2. The van der Waals surface area contributed by atoms with Gasteiger partial charge in [-0.3, -0.25) is 0 Å². The standard InChI is InChI=1S/C14H23N3O2/c18-14(8-5-9-15-10-14)13-16-12(17-19-13)11-6-3-1-2-4-7-11/h11,15,18H,1-10H2. The highest BCUT2D eigenvalue weighted by Gasteiger charge is 2.37. The Balaban J connectivity index is 1.74. The van der Waals surface area contributed by atoms with Gasteiger partial charge in [0.15, 0.2) is 11.4 Å². The number of piperidine rings is 1. The molecule has 3 rings (SSSR count). The molecule has 19 heavy (non-hydrogen) atoms. The van der Waals surface area contributed by atoms with Gasteiger partial charge < -0.3 is 14.9 Å². The number of aliphatic hydroxyl groups is 1. The van der Waals surface area contributed by atoms with Crippen LogP contribution in [0.2, 0.25) is 0 Å². The molecule has 1 unspecified atom stereocenters. The zero-order valence-electron chi connectivity index (χ0n) is 11.4. The molecule has 2 heterocycles. The van der Waals surface area contributed by atoms with Crippen LogP contribution in [0.4, 0.5) is 0 Å². The third-order valence-corrected chi connectivity index (χ3v) is 4.42. The van der Waals surface area contributed by atoms with Gasteiger partial charge in [-0.2, -0.15) is 4.98 Å². The lowest BCUT2D eigenvalue weighted by molar-refractivity contribution is -0.0167. The Morgan fingerprint density at radius 3 is 2.63 bits per heavy atom. The normalized spacial score (nSPS) is 30.2. The summed E-state index contributed by atoms with van der Waals surface area (Å²) in [6.07, 6.45) is 9.07. The first-order valence-corrected chi connectivity index (χ1v) is 7.55. The van der Waals surface area contributed by atoms with E-state index in [0.29, 0.717) is 24.8 Å². The Morgan fingerprint density at radius 2 is 1.95 bits per heavy atom. The molecule has 0 aromatic carbocycles. The van der Waals surface area contributed by atoms with E-state index >= 15 is 0 Å². The highest BCUT2D eigenvalue weighted by Crippen LogP contribution is 2.32. The average Bonchev–Trinajstić information content (AvgIpc) is 2.77. The maximum absolute atomic E-state index is 10.6. The number of nitrogens with one attached hydrogen (secondary N) is 1. The zero-order valence-corrected chi connectivity index (χ0v) is 11.4. The van der Waals surface area contributed by atoms with Crippen LogP contribution in [-0.2, 0) is 5.60 Å². The molecule has 0 amide bonds. The summed E-state index contributed by atoms with van der Waals surface area (Å²) in [6, 6.07) is 0. The molecule has 1 aliphatic heterocycles. The molecule has 1 saturated carbocycles. The van der Waals surface area contributed by atoms with E-state index in [1.165, 1.54) is 25.7 Å². The summed E-state index contributed by atoms with van der Waals surface area (Å²) in [7, 11) is 0. The Bertz CT molecular complexity index is 405. The second-order valence-electron chi connectivity index (χ2n) is 5.96. The predicted octanol–water partition coefficient (Wildman–Crippen LogP) is 2.08. The van der Waals surface area contributed by atoms with Gasteiger partial charge in [0.1, 0.15) is 0 Å². The number of β-amino-alcohol motifs (C(OH)–C–C–N with tert-alkyl or cyclic N) is 1. The van der Waals surface area contributed by atoms with Gasteiger partial charge in [0, 0.05) is 12.5 Å². The van der Waals surface area contributed by atoms with Crippen molar-refractivity contribution in [1.29, 1.82) is 0 Å². The highest BCUT2D eigenvalue weighted by atomic mass is 16.5. The van der Waals surface area contributed by atoms with Gasteiger partial charge in [0.05, 0.1) is 0 Å². The molecule has 0 bridgehead atoms. The molecule has 2 N–H and O–H groups in total. The Hall–Kier alpha value is -0.940. The Kier molecular flexibility index (Phi) is 3.84. The Labute approximate surface area is 113 Å². The second kappa shape index (κ2) is 5.59. The molecule has 1 aromatic heterocycles. The van der Waals surface area contributed by atoms with Gasteiger partial charge in [0.25, 0.3) is 5.89 Å². The van der Waals surface area contributed by atoms with Crippen molar-refractivity contribution in [1.82, 2.24) is 15.5 Å². The fourth-order valence-electron chi connectivity index (χ4n) is 3.20. The van der Waals surface area contributed by atoms with Gasteiger partial charge >= 0.3 is 0 Å². The molecule has 0 spiro atoms. The van der Waals surface area contributed by atoms with E-state index in [2.05, 4.69) is 15.5 Å². The smallest absolute Gasteiger partial charge is 0.259 e. The van der Waals surface area contributed by atoms with Gasteiger partial charge in [-0.1, -0.05) is 30.8 Å². The SMILES string of the molecule is OC1(c2nc(C3CCCCCC3)no2)CCCNC1. The van der Waals surface area contributed by atoms with Crippen LogP contribution < -0.4 is 5.32 Å². The van der Waals surface area contributed by atoms with Crippen LogP contribution in [0.1, 0.15) is 69.0 Å². The van der Waals surface area contributed by atoms with E-state index in [4.69, 9.17) is 4.52 Å². The predicted molar refractivity (Wildman–Crippen MR) is 70.7 cm³/mol. The zero-order chi connectivity index (χ0) is 13.1. The van der Waals surface area contributed by atoms with E-state index in [-0.39, 0.29) is 0 Å². The minimum absolute atomic E-state index is 0.402. The monoisotopic (exact) mass is 265 g/mol. The van der Waals surface area contributed by atoms with Crippen LogP contribution in [0.25, 0.3) is 0 Å². The van der Waals surface area contributed by atoms with Crippen LogP contribution in [0.5, 0.6) is 0 Å². The van der Waals surface area contributed by atoms with E-state index < -0.39 is 5.60 Å². The van der Waals surface area contributed by atoms with Crippen molar-refractivity contribution < 1.29 is 9.63 Å². The maximum atomic E-state index is 10.6. The molecule has 0 radical (unpaired) electrons. The molecule has 5 heteroatoms. The second-order valence-corrected chi connectivity index (χ2v) is 5.96.